The van der Waals surface area contributed by atoms with E-state index in [9.17, 15) is 9.90 Å². The fourth-order valence-corrected chi connectivity index (χ4v) is 2.04. The molecule has 4 heteroatoms. The van der Waals surface area contributed by atoms with Gasteiger partial charge >= 0.3 is 0 Å². The van der Waals surface area contributed by atoms with Gasteiger partial charge in [-0.1, -0.05) is 26.0 Å². The second kappa shape index (κ2) is 7.29. The first kappa shape index (κ1) is 16.5. The van der Waals surface area contributed by atoms with Crippen molar-refractivity contribution in [1.82, 2.24) is 9.80 Å². The maximum atomic E-state index is 12.6. The van der Waals surface area contributed by atoms with E-state index >= 15 is 0 Å². The van der Waals surface area contributed by atoms with Crippen LogP contribution in [-0.4, -0.2) is 54.5 Å². The highest BCUT2D eigenvalue weighted by molar-refractivity contribution is 5.97. The lowest BCUT2D eigenvalue weighted by Gasteiger charge is -2.26. The highest BCUT2D eigenvalue weighted by Crippen LogP contribution is 2.23. The van der Waals surface area contributed by atoms with Crippen molar-refractivity contribution in [3.05, 3.63) is 29.3 Å². The van der Waals surface area contributed by atoms with E-state index < -0.39 is 0 Å². The standard InChI is InChI=1S/C16H26N2O2/c1-12(2)11-18(10-9-17(4)5)16(20)14-8-6-7-13(3)15(14)19/h6-8,12,19H,9-11H2,1-5H3. The van der Waals surface area contributed by atoms with Crippen molar-refractivity contribution in [1.29, 1.82) is 0 Å². The van der Waals surface area contributed by atoms with Crippen molar-refractivity contribution in [3.8, 4) is 5.75 Å². The van der Waals surface area contributed by atoms with Gasteiger partial charge in [0.15, 0.2) is 0 Å². The summed E-state index contributed by atoms with van der Waals surface area (Å²) in [7, 11) is 3.98. The summed E-state index contributed by atoms with van der Waals surface area (Å²) in [6, 6.07) is 5.30. The highest BCUT2D eigenvalue weighted by Gasteiger charge is 2.20. The van der Waals surface area contributed by atoms with Crippen molar-refractivity contribution in [2.24, 2.45) is 5.92 Å². The van der Waals surface area contributed by atoms with Crippen LogP contribution in [0.15, 0.2) is 18.2 Å². The fourth-order valence-electron chi connectivity index (χ4n) is 2.04. The molecule has 0 unspecified atom stereocenters. The van der Waals surface area contributed by atoms with Crippen LogP contribution in [0.3, 0.4) is 0 Å². The molecule has 1 amide bonds. The quantitative estimate of drug-likeness (QED) is 0.868. The van der Waals surface area contributed by atoms with Crippen LogP contribution in [0.2, 0.25) is 0 Å². The average molecular weight is 278 g/mol. The summed E-state index contributed by atoms with van der Waals surface area (Å²) in [6.07, 6.45) is 0. The van der Waals surface area contributed by atoms with E-state index in [0.717, 1.165) is 12.1 Å². The molecule has 0 spiro atoms. The molecular formula is C16H26N2O2. The minimum atomic E-state index is -0.0956. The first-order chi connectivity index (χ1) is 9.32. The third kappa shape index (κ3) is 4.53. The highest BCUT2D eigenvalue weighted by atomic mass is 16.3. The Hall–Kier alpha value is -1.55. The third-order valence-corrected chi connectivity index (χ3v) is 3.16. The first-order valence-corrected chi connectivity index (χ1v) is 7.05. The van der Waals surface area contributed by atoms with Crippen molar-refractivity contribution in [2.75, 3.05) is 33.7 Å². The van der Waals surface area contributed by atoms with Gasteiger partial charge in [0, 0.05) is 19.6 Å². The number of phenols is 1. The molecule has 112 valence electrons. The zero-order chi connectivity index (χ0) is 15.3. The number of carbonyl (C=O) groups is 1. The smallest absolute Gasteiger partial charge is 0.257 e. The largest absolute Gasteiger partial charge is 0.507 e. The average Bonchev–Trinajstić information content (AvgIpc) is 2.36. The van der Waals surface area contributed by atoms with E-state index in [2.05, 4.69) is 18.7 Å². The number of para-hydroxylation sites is 1. The minimum absolute atomic E-state index is 0.0936. The SMILES string of the molecule is Cc1cccc(C(=O)N(CCN(C)C)CC(C)C)c1O. The summed E-state index contributed by atoms with van der Waals surface area (Å²) in [5.41, 5.74) is 1.12. The van der Waals surface area contributed by atoms with E-state index in [0.29, 0.717) is 24.6 Å². The Kier molecular flexibility index (Phi) is 6.02. The predicted molar refractivity (Wildman–Crippen MR) is 82.1 cm³/mol. The molecule has 0 atom stereocenters. The molecular weight excluding hydrogens is 252 g/mol. The molecule has 0 bridgehead atoms. The molecule has 0 aliphatic heterocycles. The van der Waals surface area contributed by atoms with Crippen LogP contribution >= 0.6 is 0 Å². The summed E-state index contributed by atoms with van der Waals surface area (Å²) >= 11 is 0. The topological polar surface area (TPSA) is 43.8 Å². The van der Waals surface area contributed by atoms with Gasteiger partial charge in [-0.2, -0.15) is 0 Å². The fraction of sp³-hybridized carbons (Fsp3) is 0.562. The maximum Gasteiger partial charge on any atom is 0.257 e. The van der Waals surface area contributed by atoms with Crippen molar-refractivity contribution < 1.29 is 9.90 Å². The lowest BCUT2D eigenvalue weighted by Crippen LogP contribution is -2.39. The molecule has 0 saturated carbocycles. The van der Waals surface area contributed by atoms with E-state index in [1.54, 1.807) is 19.1 Å². The predicted octanol–water partition coefficient (Wildman–Crippen LogP) is 2.36. The van der Waals surface area contributed by atoms with Gasteiger partial charge in [0.1, 0.15) is 5.75 Å². The normalized spacial score (nSPS) is 11.2. The molecule has 4 nitrogen and oxygen atoms in total. The number of carbonyl (C=O) groups excluding carboxylic acids is 1. The number of amides is 1. The number of aromatic hydroxyl groups is 1. The van der Waals surface area contributed by atoms with Crippen molar-refractivity contribution in [2.45, 2.75) is 20.8 Å². The molecule has 0 heterocycles. The zero-order valence-electron chi connectivity index (χ0n) is 13.2. The first-order valence-electron chi connectivity index (χ1n) is 7.05. The molecule has 1 aromatic rings. The number of rotatable bonds is 6. The van der Waals surface area contributed by atoms with Gasteiger partial charge in [0.2, 0.25) is 0 Å². The van der Waals surface area contributed by atoms with Gasteiger partial charge in [-0.05, 0) is 38.6 Å². The number of nitrogens with zero attached hydrogens (tertiary/aromatic N) is 2. The van der Waals surface area contributed by atoms with Crippen LogP contribution in [-0.2, 0) is 0 Å². The second-order valence-corrected chi connectivity index (χ2v) is 5.92. The zero-order valence-corrected chi connectivity index (χ0v) is 13.2. The Bertz CT molecular complexity index is 456. The number of likely N-dealkylation sites (N-methyl/N-ethyl adjacent to an activating group) is 1. The number of hydrogen-bond donors (Lipinski definition) is 1. The molecule has 0 aliphatic carbocycles. The van der Waals surface area contributed by atoms with Gasteiger partial charge < -0.3 is 14.9 Å². The number of hydrogen-bond acceptors (Lipinski definition) is 3. The summed E-state index contributed by atoms with van der Waals surface area (Å²) in [4.78, 5) is 16.5. The monoisotopic (exact) mass is 278 g/mol. The van der Waals surface area contributed by atoms with E-state index in [1.165, 1.54) is 0 Å². The molecule has 0 aliphatic rings. The Morgan fingerprint density at radius 3 is 2.45 bits per heavy atom. The van der Waals surface area contributed by atoms with Gasteiger partial charge in [-0.3, -0.25) is 4.79 Å². The lowest BCUT2D eigenvalue weighted by molar-refractivity contribution is 0.0721. The Morgan fingerprint density at radius 2 is 1.90 bits per heavy atom. The molecule has 0 aromatic heterocycles. The lowest BCUT2D eigenvalue weighted by atomic mass is 10.1. The van der Waals surface area contributed by atoms with Crippen molar-refractivity contribution in [3.63, 3.8) is 0 Å². The van der Waals surface area contributed by atoms with Gasteiger partial charge in [0.05, 0.1) is 5.56 Å². The summed E-state index contributed by atoms with van der Waals surface area (Å²) in [6.45, 7) is 8.15. The molecule has 1 N–H and O–H groups in total. The minimum Gasteiger partial charge on any atom is -0.507 e. The van der Waals surface area contributed by atoms with Gasteiger partial charge in [-0.25, -0.2) is 0 Å². The summed E-state index contributed by atoms with van der Waals surface area (Å²) in [5, 5.41) is 10.1. The summed E-state index contributed by atoms with van der Waals surface area (Å²) in [5.74, 6) is 0.394. The second-order valence-electron chi connectivity index (χ2n) is 5.92. The Labute approximate surface area is 122 Å². The van der Waals surface area contributed by atoms with E-state index in [-0.39, 0.29) is 11.7 Å². The number of phenolic OH excluding ortho intramolecular Hbond substituents is 1. The summed E-state index contributed by atoms with van der Waals surface area (Å²) < 4.78 is 0. The Balaban J connectivity index is 2.94. The van der Waals surface area contributed by atoms with Gasteiger partial charge in [0.25, 0.3) is 5.91 Å². The van der Waals surface area contributed by atoms with E-state index in [1.807, 2.05) is 25.1 Å². The van der Waals surface area contributed by atoms with Crippen LogP contribution in [0.25, 0.3) is 0 Å². The Morgan fingerprint density at radius 1 is 1.25 bits per heavy atom. The molecule has 20 heavy (non-hydrogen) atoms. The number of aryl methyl sites for hydroxylation is 1. The molecule has 1 rings (SSSR count). The van der Waals surface area contributed by atoms with Crippen LogP contribution in [0.1, 0.15) is 29.8 Å². The number of benzene rings is 1. The van der Waals surface area contributed by atoms with Crippen molar-refractivity contribution >= 4 is 5.91 Å². The van der Waals surface area contributed by atoms with Gasteiger partial charge in [-0.15, -0.1) is 0 Å². The maximum absolute atomic E-state index is 12.6. The van der Waals surface area contributed by atoms with Crippen LogP contribution in [0.4, 0.5) is 0 Å². The van der Waals surface area contributed by atoms with Crippen LogP contribution in [0, 0.1) is 12.8 Å². The molecule has 0 radical (unpaired) electrons. The molecule has 1 aromatic carbocycles. The third-order valence-electron chi connectivity index (χ3n) is 3.16. The van der Waals surface area contributed by atoms with Crippen LogP contribution in [0.5, 0.6) is 5.75 Å². The molecule has 0 saturated heterocycles. The molecule has 0 fully saturated rings. The van der Waals surface area contributed by atoms with E-state index in [4.69, 9.17) is 0 Å². The van der Waals surface area contributed by atoms with Crippen LogP contribution < -0.4 is 0 Å².